The van der Waals surface area contributed by atoms with Crippen molar-refractivity contribution in [1.82, 2.24) is 0 Å². The summed E-state index contributed by atoms with van der Waals surface area (Å²) in [6.07, 6.45) is 0. The van der Waals surface area contributed by atoms with Gasteiger partial charge in [-0.3, -0.25) is 0 Å². The fourth-order valence-corrected chi connectivity index (χ4v) is 3.90. The molecule has 5 aromatic rings. The molecule has 3 heteroatoms. The van der Waals surface area contributed by atoms with E-state index in [0.29, 0.717) is 5.46 Å². The molecule has 0 spiro atoms. The van der Waals surface area contributed by atoms with E-state index >= 15 is 0 Å². The van der Waals surface area contributed by atoms with Gasteiger partial charge in [0, 0.05) is 0 Å². The maximum atomic E-state index is 9.87. The monoisotopic (exact) mass is 296 g/mol. The summed E-state index contributed by atoms with van der Waals surface area (Å²) < 4.78 is 0. The zero-order valence-corrected chi connectivity index (χ0v) is 12.3. The van der Waals surface area contributed by atoms with Gasteiger partial charge >= 0.3 is 7.12 Å². The van der Waals surface area contributed by atoms with Crippen LogP contribution < -0.4 is 5.46 Å². The Kier molecular flexibility index (Phi) is 2.49. The van der Waals surface area contributed by atoms with Crippen LogP contribution in [0.5, 0.6) is 0 Å². The van der Waals surface area contributed by atoms with E-state index in [4.69, 9.17) is 0 Å². The Hall–Kier alpha value is -2.62. The van der Waals surface area contributed by atoms with E-state index in [1.807, 2.05) is 18.2 Å². The highest BCUT2D eigenvalue weighted by atomic mass is 16.4. The third kappa shape index (κ3) is 1.61. The Morgan fingerprint density at radius 3 is 1.74 bits per heavy atom. The van der Waals surface area contributed by atoms with Gasteiger partial charge in [0.05, 0.1) is 0 Å². The third-order valence-corrected chi connectivity index (χ3v) is 4.82. The van der Waals surface area contributed by atoms with Crippen molar-refractivity contribution in [1.29, 1.82) is 0 Å². The van der Waals surface area contributed by atoms with Crippen molar-refractivity contribution in [3.05, 3.63) is 66.7 Å². The van der Waals surface area contributed by atoms with Crippen molar-refractivity contribution in [3.8, 4) is 0 Å². The van der Waals surface area contributed by atoms with E-state index in [1.165, 1.54) is 16.2 Å². The minimum Gasteiger partial charge on any atom is -0.423 e. The molecule has 5 rings (SSSR count). The summed E-state index contributed by atoms with van der Waals surface area (Å²) in [5.74, 6) is 0. The van der Waals surface area contributed by atoms with E-state index in [-0.39, 0.29) is 0 Å². The van der Waals surface area contributed by atoms with E-state index < -0.39 is 7.12 Å². The first-order valence-electron chi connectivity index (χ1n) is 7.70. The van der Waals surface area contributed by atoms with Gasteiger partial charge in [0.15, 0.2) is 0 Å². The highest BCUT2D eigenvalue weighted by molar-refractivity contribution is 6.64. The quantitative estimate of drug-likeness (QED) is 0.283. The maximum absolute atomic E-state index is 9.87. The summed E-state index contributed by atoms with van der Waals surface area (Å²) in [6.45, 7) is 0. The van der Waals surface area contributed by atoms with Crippen LogP contribution in [0.2, 0.25) is 0 Å². The highest BCUT2D eigenvalue weighted by Crippen LogP contribution is 2.39. The second-order valence-corrected chi connectivity index (χ2v) is 6.02. The average Bonchev–Trinajstić information content (AvgIpc) is 2.58. The summed E-state index contributed by atoms with van der Waals surface area (Å²) >= 11 is 0. The van der Waals surface area contributed by atoms with Crippen LogP contribution in [0.1, 0.15) is 0 Å². The van der Waals surface area contributed by atoms with Crippen LogP contribution in [-0.4, -0.2) is 17.2 Å². The van der Waals surface area contributed by atoms with Gasteiger partial charge in [-0.2, -0.15) is 0 Å². The van der Waals surface area contributed by atoms with Gasteiger partial charge in [-0.1, -0.05) is 66.7 Å². The van der Waals surface area contributed by atoms with Crippen molar-refractivity contribution >= 4 is 55.7 Å². The molecule has 0 saturated carbocycles. The molecule has 0 fully saturated rings. The Bertz CT molecular complexity index is 1190. The second kappa shape index (κ2) is 4.45. The number of fused-ring (bicyclic) bond motifs is 2. The fraction of sp³-hybridized carbons (Fsp3) is 0. The van der Waals surface area contributed by atoms with Crippen LogP contribution in [0.15, 0.2) is 66.7 Å². The first-order valence-corrected chi connectivity index (χ1v) is 7.70. The van der Waals surface area contributed by atoms with Crippen molar-refractivity contribution < 1.29 is 10.0 Å². The molecule has 0 bridgehead atoms. The minimum atomic E-state index is -1.48. The van der Waals surface area contributed by atoms with Crippen LogP contribution in [0, 0.1) is 0 Å². The highest BCUT2D eigenvalue weighted by Gasteiger charge is 2.20. The molecule has 0 heterocycles. The van der Waals surface area contributed by atoms with Crippen molar-refractivity contribution in [3.63, 3.8) is 0 Å². The van der Waals surface area contributed by atoms with Gasteiger partial charge in [-0.15, -0.1) is 0 Å². The molecule has 0 aliphatic heterocycles. The molecule has 0 aliphatic carbocycles. The predicted molar refractivity (Wildman–Crippen MR) is 97.5 cm³/mol. The first kappa shape index (κ1) is 12.9. The lowest BCUT2D eigenvalue weighted by Crippen LogP contribution is -2.30. The molecule has 2 nitrogen and oxygen atoms in total. The fourth-order valence-electron chi connectivity index (χ4n) is 3.90. The van der Waals surface area contributed by atoms with Gasteiger partial charge in [0.2, 0.25) is 0 Å². The Balaban J connectivity index is 2.25. The number of benzene rings is 5. The smallest absolute Gasteiger partial charge is 0.423 e. The predicted octanol–water partition coefficient (Wildman–Crippen LogP) is 3.42. The summed E-state index contributed by atoms with van der Waals surface area (Å²) in [7, 11) is -1.48. The molecule has 108 valence electrons. The number of rotatable bonds is 1. The van der Waals surface area contributed by atoms with Crippen LogP contribution >= 0.6 is 0 Å². The largest absolute Gasteiger partial charge is 0.489 e. The molecular formula is C20H13BO2. The summed E-state index contributed by atoms with van der Waals surface area (Å²) in [5.41, 5.74) is 0.562. The molecule has 2 N–H and O–H groups in total. The van der Waals surface area contributed by atoms with Gasteiger partial charge in [0.1, 0.15) is 0 Å². The van der Waals surface area contributed by atoms with Crippen molar-refractivity contribution in [2.45, 2.75) is 0 Å². The zero-order chi connectivity index (χ0) is 15.6. The Morgan fingerprint density at radius 2 is 1.09 bits per heavy atom. The Labute approximate surface area is 133 Å². The van der Waals surface area contributed by atoms with E-state index in [1.54, 1.807) is 0 Å². The average molecular weight is 296 g/mol. The van der Waals surface area contributed by atoms with Gasteiger partial charge in [0.25, 0.3) is 0 Å². The van der Waals surface area contributed by atoms with E-state index in [2.05, 4.69) is 48.5 Å². The zero-order valence-electron chi connectivity index (χ0n) is 12.3. The summed E-state index contributed by atoms with van der Waals surface area (Å²) in [4.78, 5) is 0. The third-order valence-electron chi connectivity index (χ3n) is 4.82. The molecule has 5 aromatic carbocycles. The lowest BCUT2D eigenvalue weighted by atomic mass is 9.74. The van der Waals surface area contributed by atoms with E-state index in [9.17, 15) is 10.0 Å². The maximum Gasteiger partial charge on any atom is 0.489 e. The van der Waals surface area contributed by atoms with Crippen molar-refractivity contribution in [2.75, 3.05) is 0 Å². The normalized spacial score (nSPS) is 11.9. The Morgan fingerprint density at radius 1 is 0.522 bits per heavy atom. The summed E-state index contributed by atoms with van der Waals surface area (Å²) in [5, 5.41) is 28.7. The number of hydrogen-bond acceptors (Lipinski definition) is 2. The standard InChI is InChI=1S/C20H13BO2/c22-21(23)17-11-10-13-6-2-8-15-14-7-1-4-12-5-3-9-16(18(12)14)20(17)19(13)15/h1-11,22-23H. The summed E-state index contributed by atoms with van der Waals surface area (Å²) in [6, 6.07) is 22.6. The molecule has 0 radical (unpaired) electrons. The van der Waals surface area contributed by atoms with E-state index in [0.717, 1.165) is 26.9 Å². The van der Waals surface area contributed by atoms with Gasteiger partial charge in [-0.25, -0.2) is 0 Å². The van der Waals surface area contributed by atoms with Gasteiger partial charge < -0.3 is 10.0 Å². The minimum absolute atomic E-state index is 0.562. The molecule has 0 atom stereocenters. The van der Waals surface area contributed by atoms with Crippen molar-refractivity contribution in [2.24, 2.45) is 0 Å². The molecule has 0 aromatic heterocycles. The molecule has 0 aliphatic rings. The SMILES string of the molecule is OB(O)c1ccc2cccc3c4cccc5cccc(c1c23)c54. The van der Waals surface area contributed by atoms with Crippen LogP contribution in [-0.2, 0) is 0 Å². The first-order chi connectivity index (χ1) is 11.3. The number of hydrogen-bond donors (Lipinski definition) is 2. The molecule has 0 saturated heterocycles. The molecule has 0 unspecified atom stereocenters. The molecular weight excluding hydrogens is 283 g/mol. The van der Waals surface area contributed by atoms with Crippen LogP contribution in [0.25, 0.3) is 43.1 Å². The lowest BCUT2D eigenvalue weighted by Gasteiger charge is -2.16. The van der Waals surface area contributed by atoms with Crippen LogP contribution in [0.3, 0.4) is 0 Å². The molecule has 23 heavy (non-hydrogen) atoms. The lowest BCUT2D eigenvalue weighted by molar-refractivity contribution is 0.426. The topological polar surface area (TPSA) is 40.5 Å². The van der Waals surface area contributed by atoms with Crippen LogP contribution in [0.4, 0.5) is 0 Å². The molecule has 0 amide bonds. The van der Waals surface area contributed by atoms with Gasteiger partial charge in [-0.05, 0) is 48.6 Å². The second-order valence-electron chi connectivity index (χ2n) is 6.02.